The van der Waals surface area contributed by atoms with E-state index < -0.39 is 0 Å². The molecule has 2 N–H and O–H groups in total. The van der Waals surface area contributed by atoms with Crippen LogP contribution in [-0.2, 0) is 4.79 Å². The Labute approximate surface area is 103 Å². The van der Waals surface area contributed by atoms with Crippen LogP contribution in [0.3, 0.4) is 0 Å². The van der Waals surface area contributed by atoms with Crippen LogP contribution < -0.4 is 10.6 Å². The van der Waals surface area contributed by atoms with Crippen molar-refractivity contribution in [3.8, 4) is 0 Å². The van der Waals surface area contributed by atoms with Crippen LogP contribution in [0.15, 0.2) is 24.3 Å². The highest BCUT2D eigenvalue weighted by Crippen LogP contribution is 2.31. The maximum absolute atomic E-state index is 11.6. The van der Waals surface area contributed by atoms with Gasteiger partial charge in [0.05, 0.1) is 6.54 Å². The molecule has 1 aromatic rings. The Morgan fingerprint density at radius 3 is 2.65 bits per heavy atom. The van der Waals surface area contributed by atoms with E-state index in [2.05, 4.69) is 10.6 Å². The van der Waals surface area contributed by atoms with Gasteiger partial charge in [-0.05, 0) is 37.9 Å². The Balaban J connectivity index is 1.63. The van der Waals surface area contributed by atoms with E-state index in [0.29, 0.717) is 6.54 Å². The molecule has 1 aromatic carbocycles. The van der Waals surface area contributed by atoms with E-state index in [-0.39, 0.29) is 5.91 Å². The van der Waals surface area contributed by atoms with Crippen molar-refractivity contribution in [1.29, 1.82) is 0 Å². The Morgan fingerprint density at radius 2 is 2.00 bits per heavy atom. The molecule has 1 aliphatic carbocycles. The highest BCUT2D eigenvalue weighted by Gasteiger charge is 2.20. The van der Waals surface area contributed by atoms with E-state index in [1.165, 1.54) is 24.8 Å². The second-order valence-electron chi connectivity index (χ2n) is 4.82. The molecule has 3 nitrogen and oxygen atoms in total. The fourth-order valence-electron chi connectivity index (χ4n) is 1.76. The van der Waals surface area contributed by atoms with Gasteiger partial charge in [0, 0.05) is 5.69 Å². The fraction of sp³-hybridized carbons (Fsp3) is 0.500. The molecular formula is C14H20N2O. The van der Waals surface area contributed by atoms with Crippen LogP contribution >= 0.6 is 0 Å². The second-order valence-corrected chi connectivity index (χ2v) is 4.82. The van der Waals surface area contributed by atoms with Gasteiger partial charge in [-0.25, -0.2) is 0 Å². The molecule has 92 valence electrons. The summed E-state index contributed by atoms with van der Waals surface area (Å²) in [5, 5.41) is 6.05. The number of benzene rings is 1. The average molecular weight is 232 g/mol. The van der Waals surface area contributed by atoms with Gasteiger partial charge in [0.1, 0.15) is 0 Å². The molecule has 1 saturated carbocycles. The lowest BCUT2D eigenvalue weighted by Gasteiger charge is -2.06. The molecule has 1 aliphatic rings. The van der Waals surface area contributed by atoms with Crippen molar-refractivity contribution in [2.45, 2.75) is 26.2 Å². The molecule has 1 amide bonds. The van der Waals surface area contributed by atoms with Gasteiger partial charge < -0.3 is 10.6 Å². The van der Waals surface area contributed by atoms with Crippen molar-refractivity contribution in [3.05, 3.63) is 29.8 Å². The zero-order valence-corrected chi connectivity index (χ0v) is 10.3. The first-order valence-electron chi connectivity index (χ1n) is 6.31. The zero-order valence-electron chi connectivity index (χ0n) is 10.3. The first-order valence-corrected chi connectivity index (χ1v) is 6.31. The number of rotatable bonds is 6. The van der Waals surface area contributed by atoms with E-state index in [1.54, 1.807) is 0 Å². The van der Waals surface area contributed by atoms with Crippen LogP contribution in [0.4, 0.5) is 5.69 Å². The van der Waals surface area contributed by atoms with Gasteiger partial charge in [0.2, 0.25) is 5.91 Å². The lowest BCUT2D eigenvalue weighted by Crippen LogP contribution is -2.28. The van der Waals surface area contributed by atoms with Crippen LogP contribution in [0.5, 0.6) is 0 Å². The summed E-state index contributed by atoms with van der Waals surface area (Å²) >= 11 is 0. The molecule has 3 heteroatoms. The van der Waals surface area contributed by atoms with E-state index in [1.807, 2.05) is 31.2 Å². The molecule has 17 heavy (non-hydrogen) atoms. The van der Waals surface area contributed by atoms with Crippen LogP contribution in [0.2, 0.25) is 0 Å². The quantitative estimate of drug-likeness (QED) is 0.739. The third-order valence-corrected chi connectivity index (χ3v) is 3.05. The summed E-state index contributed by atoms with van der Waals surface area (Å²) in [5.74, 6) is 0.951. The SMILES string of the molecule is Cc1ccc(NC(=O)CNCCC2CC2)cc1. The minimum atomic E-state index is 0.0321. The zero-order chi connectivity index (χ0) is 12.1. The van der Waals surface area contributed by atoms with E-state index >= 15 is 0 Å². The van der Waals surface area contributed by atoms with Gasteiger partial charge in [-0.2, -0.15) is 0 Å². The van der Waals surface area contributed by atoms with Crippen molar-refractivity contribution in [1.82, 2.24) is 5.32 Å². The Hall–Kier alpha value is -1.35. The lowest BCUT2D eigenvalue weighted by molar-refractivity contribution is -0.115. The van der Waals surface area contributed by atoms with Crippen molar-refractivity contribution in [2.75, 3.05) is 18.4 Å². The average Bonchev–Trinajstić information content (AvgIpc) is 3.12. The first kappa shape index (κ1) is 12.1. The van der Waals surface area contributed by atoms with E-state index in [9.17, 15) is 4.79 Å². The van der Waals surface area contributed by atoms with Gasteiger partial charge in [0.25, 0.3) is 0 Å². The molecule has 1 fully saturated rings. The van der Waals surface area contributed by atoms with Gasteiger partial charge in [-0.1, -0.05) is 30.5 Å². The Bertz CT molecular complexity index is 368. The van der Waals surface area contributed by atoms with Crippen molar-refractivity contribution >= 4 is 11.6 Å². The number of nitrogens with one attached hydrogen (secondary N) is 2. The minimum Gasteiger partial charge on any atom is -0.325 e. The summed E-state index contributed by atoms with van der Waals surface area (Å²) in [4.78, 5) is 11.6. The smallest absolute Gasteiger partial charge is 0.238 e. The van der Waals surface area contributed by atoms with Crippen molar-refractivity contribution in [3.63, 3.8) is 0 Å². The summed E-state index contributed by atoms with van der Waals surface area (Å²) in [5.41, 5.74) is 2.06. The number of anilines is 1. The van der Waals surface area contributed by atoms with Crippen molar-refractivity contribution in [2.24, 2.45) is 5.92 Å². The van der Waals surface area contributed by atoms with Crippen LogP contribution in [0, 0.1) is 12.8 Å². The largest absolute Gasteiger partial charge is 0.325 e. The van der Waals surface area contributed by atoms with Crippen LogP contribution in [-0.4, -0.2) is 19.0 Å². The fourth-order valence-corrected chi connectivity index (χ4v) is 1.76. The Kier molecular flexibility index (Phi) is 4.15. The Morgan fingerprint density at radius 1 is 1.29 bits per heavy atom. The first-order chi connectivity index (χ1) is 8.24. The van der Waals surface area contributed by atoms with Gasteiger partial charge in [-0.3, -0.25) is 4.79 Å². The summed E-state index contributed by atoms with van der Waals surface area (Å²) < 4.78 is 0. The molecule has 0 unspecified atom stereocenters. The maximum atomic E-state index is 11.6. The normalized spacial score (nSPS) is 14.6. The molecule has 0 radical (unpaired) electrons. The van der Waals surface area contributed by atoms with Crippen molar-refractivity contribution < 1.29 is 4.79 Å². The summed E-state index contributed by atoms with van der Waals surface area (Å²) in [6.45, 7) is 3.39. The molecule has 0 aliphatic heterocycles. The van der Waals surface area contributed by atoms with E-state index in [0.717, 1.165) is 18.2 Å². The van der Waals surface area contributed by atoms with E-state index in [4.69, 9.17) is 0 Å². The lowest BCUT2D eigenvalue weighted by atomic mass is 10.2. The maximum Gasteiger partial charge on any atom is 0.238 e. The molecular weight excluding hydrogens is 212 g/mol. The van der Waals surface area contributed by atoms with Gasteiger partial charge >= 0.3 is 0 Å². The van der Waals surface area contributed by atoms with Gasteiger partial charge in [-0.15, -0.1) is 0 Å². The number of aryl methyl sites for hydroxylation is 1. The topological polar surface area (TPSA) is 41.1 Å². The highest BCUT2D eigenvalue weighted by molar-refractivity contribution is 5.92. The third kappa shape index (κ3) is 4.57. The molecule has 0 heterocycles. The highest BCUT2D eigenvalue weighted by atomic mass is 16.1. The molecule has 0 bridgehead atoms. The number of carbonyl (C=O) groups is 1. The summed E-state index contributed by atoms with van der Waals surface area (Å²) in [6.07, 6.45) is 3.95. The standard InChI is InChI=1S/C14H20N2O/c1-11-2-6-13(7-3-11)16-14(17)10-15-9-8-12-4-5-12/h2-3,6-7,12,15H,4-5,8-10H2,1H3,(H,16,17). The number of carbonyl (C=O) groups excluding carboxylic acids is 1. The molecule has 2 rings (SSSR count). The van der Waals surface area contributed by atoms with Gasteiger partial charge in [0.15, 0.2) is 0 Å². The predicted molar refractivity (Wildman–Crippen MR) is 70.0 cm³/mol. The molecule has 0 atom stereocenters. The second kappa shape index (κ2) is 5.82. The predicted octanol–water partition coefficient (Wildman–Crippen LogP) is 2.32. The molecule has 0 saturated heterocycles. The number of hydrogen-bond donors (Lipinski definition) is 2. The number of amides is 1. The summed E-state index contributed by atoms with van der Waals surface area (Å²) in [7, 11) is 0. The monoisotopic (exact) mass is 232 g/mol. The van der Waals surface area contributed by atoms with Crippen LogP contribution in [0.25, 0.3) is 0 Å². The minimum absolute atomic E-state index is 0.0321. The summed E-state index contributed by atoms with van der Waals surface area (Å²) in [6, 6.07) is 7.85. The van der Waals surface area contributed by atoms with Crippen LogP contribution in [0.1, 0.15) is 24.8 Å². The number of hydrogen-bond acceptors (Lipinski definition) is 2. The molecule has 0 spiro atoms. The molecule has 0 aromatic heterocycles. The third-order valence-electron chi connectivity index (χ3n) is 3.05.